The molecule has 0 atom stereocenters. The molecule has 6 aromatic rings. The number of hydrogen-bond donors (Lipinski definition) is 2. The summed E-state index contributed by atoms with van der Waals surface area (Å²) in [6, 6.07) is 38.6. The summed E-state index contributed by atoms with van der Waals surface area (Å²) < 4.78 is 7.20. The zero-order valence-electron chi connectivity index (χ0n) is 24.9. The molecule has 0 radical (unpaired) electrons. The number of amides is 1. The minimum Gasteiger partial charge on any atom is -0.449 e. The fourth-order valence-corrected chi connectivity index (χ4v) is 5.46. The third-order valence-corrected chi connectivity index (χ3v) is 7.78. The van der Waals surface area contributed by atoms with Crippen molar-refractivity contribution in [1.29, 1.82) is 0 Å². The van der Waals surface area contributed by atoms with Gasteiger partial charge in [-0.1, -0.05) is 98.3 Å². The molecule has 2 N–H and O–H groups in total. The van der Waals surface area contributed by atoms with E-state index in [1.165, 1.54) is 0 Å². The number of nitrogens with one attached hydrogen (secondary N) is 1. The number of rotatable bonds is 10. The molecule has 7 heteroatoms. The largest absolute Gasteiger partial charge is 0.511 e. The highest BCUT2D eigenvalue weighted by Gasteiger charge is 2.15. The Balaban J connectivity index is 1.25. The standard InChI is InChI=1S/C38H33N3O4/c1-2-3-13-36-40-33-23-22-31(39-37(42)30-20-18-28(19-21-30)27-9-5-4-6-10-27)24-34(33)41(36)25-26-14-16-29(17-15-26)32-11-7-8-12-35(32)45-38(43)44/h4-12,14-24H,2-3,13,25H2,1H3,(H,39,42)(H,43,44). The smallest absolute Gasteiger partial charge is 0.449 e. The Kier molecular flexibility index (Phi) is 8.69. The van der Waals surface area contributed by atoms with Gasteiger partial charge in [0.1, 0.15) is 11.6 Å². The van der Waals surface area contributed by atoms with Crippen molar-refractivity contribution in [3.63, 3.8) is 0 Å². The van der Waals surface area contributed by atoms with Gasteiger partial charge >= 0.3 is 6.16 Å². The van der Waals surface area contributed by atoms with Crippen molar-refractivity contribution in [2.24, 2.45) is 0 Å². The number of carbonyl (C=O) groups excluding carboxylic acids is 1. The Hall–Kier alpha value is -5.69. The number of nitrogens with zero attached hydrogens (tertiary/aromatic N) is 2. The molecule has 0 bridgehead atoms. The van der Waals surface area contributed by atoms with Crippen LogP contribution in [0.4, 0.5) is 10.5 Å². The van der Waals surface area contributed by atoms with Crippen LogP contribution in [0.2, 0.25) is 0 Å². The van der Waals surface area contributed by atoms with Gasteiger partial charge in [0, 0.05) is 29.8 Å². The molecular formula is C38H33N3O4. The predicted molar refractivity (Wildman–Crippen MR) is 178 cm³/mol. The van der Waals surface area contributed by atoms with Gasteiger partial charge in [0.15, 0.2) is 0 Å². The van der Waals surface area contributed by atoms with E-state index in [0.29, 0.717) is 29.1 Å². The molecule has 0 aliphatic rings. The maximum absolute atomic E-state index is 13.2. The Morgan fingerprint density at radius 3 is 2.22 bits per heavy atom. The van der Waals surface area contributed by atoms with E-state index in [1.807, 2.05) is 109 Å². The number of hydrogen-bond acceptors (Lipinski definition) is 4. The Labute approximate surface area is 261 Å². The summed E-state index contributed by atoms with van der Waals surface area (Å²) in [5.74, 6) is 1.12. The Morgan fingerprint density at radius 2 is 1.49 bits per heavy atom. The third kappa shape index (κ3) is 6.78. The normalized spacial score (nSPS) is 11.0. The van der Waals surface area contributed by atoms with Gasteiger partial charge in [0.25, 0.3) is 5.91 Å². The van der Waals surface area contributed by atoms with Crippen LogP contribution in [0.3, 0.4) is 0 Å². The zero-order valence-corrected chi connectivity index (χ0v) is 24.9. The number of anilines is 1. The van der Waals surface area contributed by atoms with E-state index in [9.17, 15) is 9.59 Å². The van der Waals surface area contributed by atoms with Gasteiger partial charge in [-0.15, -0.1) is 0 Å². The molecule has 0 fully saturated rings. The van der Waals surface area contributed by atoms with Crippen LogP contribution >= 0.6 is 0 Å². The lowest BCUT2D eigenvalue weighted by Crippen LogP contribution is -2.12. The van der Waals surface area contributed by atoms with Crippen molar-refractivity contribution in [3.8, 4) is 28.0 Å². The molecule has 6 rings (SSSR count). The van der Waals surface area contributed by atoms with Crippen molar-refractivity contribution >= 4 is 28.8 Å². The molecule has 1 amide bonds. The Bertz CT molecular complexity index is 1950. The van der Waals surface area contributed by atoms with Crippen molar-refractivity contribution in [3.05, 3.63) is 138 Å². The topological polar surface area (TPSA) is 93.5 Å². The lowest BCUT2D eigenvalue weighted by molar-refractivity contribution is 0.102. The second kappa shape index (κ2) is 13.3. The lowest BCUT2D eigenvalue weighted by Gasteiger charge is -2.12. The molecule has 5 aromatic carbocycles. The molecule has 1 aromatic heterocycles. The summed E-state index contributed by atoms with van der Waals surface area (Å²) in [4.78, 5) is 29.3. The molecule has 1 heterocycles. The first kappa shape index (κ1) is 29.4. The maximum Gasteiger partial charge on any atom is 0.511 e. The van der Waals surface area contributed by atoms with Gasteiger partial charge in [-0.2, -0.15) is 0 Å². The minimum absolute atomic E-state index is 0.172. The van der Waals surface area contributed by atoms with Gasteiger partial charge < -0.3 is 19.7 Å². The SMILES string of the molecule is CCCCc1nc2ccc(NC(=O)c3ccc(-c4ccccc4)cc3)cc2n1Cc1ccc(-c2ccccc2OC(=O)O)cc1. The average molecular weight is 596 g/mol. The number of aryl methyl sites for hydroxylation is 1. The number of carbonyl (C=O) groups is 2. The molecule has 0 saturated heterocycles. The number of imidazole rings is 1. The van der Waals surface area contributed by atoms with Gasteiger partial charge in [0.05, 0.1) is 11.0 Å². The highest BCUT2D eigenvalue weighted by molar-refractivity contribution is 6.05. The van der Waals surface area contributed by atoms with Gasteiger partial charge in [-0.3, -0.25) is 4.79 Å². The van der Waals surface area contributed by atoms with E-state index in [0.717, 1.165) is 58.4 Å². The Morgan fingerprint density at radius 1 is 0.800 bits per heavy atom. The summed E-state index contributed by atoms with van der Waals surface area (Å²) in [7, 11) is 0. The lowest BCUT2D eigenvalue weighted by atomic mass is 10.0. The number of unbranched alkanes of at least 4 members (excludes halogenated alkanes) is 1. The van der Waals surface area contributed by atoms with Crippen molar-refractivity contribution in [2.45, 2.75) is 32.7 Å². The minimum atomic E-state index is -1.35. The average Bonchev–Trinajstić information content (AvgIpc) is 3.40. The second-order valence-corrected chi connectivity index (χ2v) is 10.9. The van der Waals surface area contributed by atoms with E-state index < -0.39 is 6.16 Å². The summed E-state index contributed by atoms with van der Waals surface area (Å²) >= 11 is 0. The van der Waals surface area contributed by atoms with E-state index in [4.69, 9.17) is 14.8 Å². The van der Waals surface area contributed by atoms with E-state index in [1.54, 1.807) is 12.1 Å². The van der Waals surface area contributed by atoms with Crippen LogP contribution in [0, 0.1) is 0 Å². The summed E-state index contributed by atoms with van der Waals surface area (Å²) in [5, 5.41) is 12.2. The number of carboxylic acid groups (broad SMARTS) is 1. The third-order valence-electron chi connectivity index (χ3n) is 7.78. The number of aromatic nitrogens is 2. The number of ether oxygens (including phenoxy) is 1. The highest BCUT2D eigenvalue weighted by atomic mass is 16.7. The first-order chi connectivity index (χ1) is 22.0. The van der Waals surface area contributed by atoms with Crippen LogP contribution in [-0.2, 0) is 13.0 Å². The van der Waals surface area contributed by atoms with E-state index in [-0.39, 0.29) is 5.91 Å². The van der Waals surface area contributed by atoms with Crippen LogP contribution in [0.5, 0.6) is 5.75 Å². The first-order valence-electron chi connectivity index (χ1n) is 15.0. The fourth-order valence-electron chi connectivity index (χ4n) is 5.46. The maximum atomic E-state index is 13.2. The molecule has 7 nitrogen and oxygen atoms in total. The molecular weight excluding hydrogens is 562 g/mol. The summed E-state index contributed by atoms with van der Waals surface area (Å²) in [6.07, 6.45) is 1.58. The van der Waals surface area contributed by atoms with Gasteiger partial charge in [-0.25, -0.2) is 9.78 Å². The molecule has 0 aliphatic carbocycles. The fraction of sp³-hybridized carbons (Fsp3) is 0.132. The van der Waals surface area contributed by atoms with Crippen molar-refractivity contribution in [2.75, 3.05) is 5.32 Å². The molecule has 0 aliphatic heterocycles. The molecule has 0 spiro atoms. The monoisotopic (exact) mass is 595 g/mol. The van der Waals surface area contributed by atoms with E-state index in [2.05, 4.69) is 16.8 Å². The second-order valence-electron chi connectivity index (χ2n) is 10.9. The van der Waals surface area contributed by atoms with Gasteiger partial charge in [0.2, 0.25) is 0 Å². The van der Waals surface area contributed by atoms with Crippen LogP contribution in [0.15, 0.2) is 121 Å². The first-order valence-corrected chi connectivity index (χ1v) is 15.0. The number of fused-ring (bicyclic) bond motifs is 1. The number of benzene rings is 5. The van der Waals surface area contributed by atoms with Crippen LogP contribution in [-0.4, -0.2) is 26.7 Å². The quantitative estimate of drug-likeness (QED) is 0.122. The van der Waals surface area contributed by atoms with E-state index >= 15 is 0 Å². The number of para-hydroxylation sites is 1. The zero-order chi connectivity index (χ0) is 31.2. The highest BCUT2D eigenvalue weighted by Crippen LogP contribution is 2.31. The van der Waals surface area contributed by atoms with Crippen LogP contribution in [0.1, 0.15) is 41.5 Å². The van der Waals surface area contributed by atoms with Gasteiger partial charge in [-0.05, 0) is 65.1 Å². The van der Waals surface area contributed by atoms with Crippen molar-refractivity contribution < 1.29 is 19.4 Å². The summed E-state index contributed by atoms with van der Waals surface area (Å²) in [6.45, 7) is 2.76. The van der Waals surface area contributed by atoms with Crippen LogP contribution in [0.25, 0.3) is 33.3 Å². The van der Waals surface area contributed by atoms with Crippen LogP contribution < -0.4 is 10.1 Å². The summed E-state index contributed by atoms with van der Waals surface area (Å²) in [5.41, 5.74) is 7.91. The van der Waals surface area contributed by atoms with Crippen molar-refractivity contribution in [1.82, 2.24) is 9.55 Å². The molecule has 45 heavy (non-hydrogen) atoms. The molecule has 0 unspecified atom stereocenters. The molecule has 0 saturated carbocycles. The molecule has 224 valence electrons. The predicted octanol–water partition coefficient (Wildman–Crippen LogP) is 9.07.